The van der Waals surface area contributed by atoms with Gasteiger partial charge in [0.25, 0.3) is 0 Å². The Bertz CT molecular complexity index is 767. The highest BCUT2D eigenvalue weighted by Crippen LogP contribution is 2.31. The maximum absolute atomic E-state index is 11.8. The number of amides is 1. The lowest BCUT2D eigenvalue weighted by atomic mass is 10.1. The molecule has 3 heterocycles. The van der Waals surface area contributed by atoms with Crippen LogP contribution in [-0.2, 0) is 9.53 Å². The van der Waals surface area contributed by atoms with Crippen LogP contribution in [0.3, 0.4) is 0 Å². The highest BCUT2D eigenvalue weighted by atomic mass is 16.6. The molecule has 2 aromatic heterocycles. The zero-order chi connectivity index (χ0) is 18.1. The SMILES string of the molecule is CN[C@H](C)C(=O)NC[C@H]1O[C@@H](n2cnc3c(N)ncnc32)[C@H](O)[C@@H]1O. The fraction of sp³-hybridized carbons (Fsp3) is 0.571. The smallest absolute Gasteiger partial charge is 0.236 e. The monoisotopic (exact) mass is 351 g/mol. The number of anilines is 1. The Labute approximate surface area is 143 Å². The predicted octanol–water partition coefficient (Wildman–Crippen LogP) is -2.25. The number of aromatic nitrogens is 4. The zero-order valence-electron chi connectivity index (χ0n) is 13.8. The van der Waals surface area contributed by atoms with Crippen molar-refractivity contribution < 1.29 is 19.7 Å². The molecular formula is C14H21N7O4. The molecule has 1 aliphatic rings. The summed E-state index contributed by atoms with van der Waals surface area (Å²) in [5.74, 6) is -0.0218. The molecule has 136 valence electrons. The first-order valence-corrected chi connectivity index (χ1v) is 7.83. The minimum atomic E-state index is -1.21. The average molecular weight is 351 g/mol. The molecule has 1 amide bonds. The van der Waals surface area contributed by atoms with Crippen LogP contribution in [0.5, 0.6) is 0 Å². The second-order valence-electron chi connectivity index (χ2n) is 5.88. The van der Waals surface area contributed by atoms with E-state index in [0.717, 1.165) is 0 Å². The van der Waals surface area contributed by atoms with Gasteiger partial charge in [0.05, 0.1) is 12.4 Å². The van der Waals surface area contributed by atoms with Crippen LogP contribution in [0.15, 0.2) is 12.7 Å². The molecule has 6 N–H and O–H groups in total. The van der Waals surface area contributed by atoms with E-state index in [9.17, 15) is 15.0 Å². The van der Waals surface area contributed by atoms with Crippen LogP contribution in [0.25, 0.3) is 11.2 Å². The molecule has 25 heavy (non-hydrogen) atoms. The Balaban J connectivity index is 1.75. The molecule has 11 nitrogen and oxygen atoms in total. The first kappa shape index (κ1) is 17.5. The zero-order valence-corrected chi connectivity index (χ0v) is 13.8. The normalized spacial score (nSPS) is 27.5. The van der Waals surface area contributed by atoms with Crippen LogP contribution in [0, 0.1) is 0 Å². The van der Waals surface area contributed by atoms with Crippen LogP contribution >= 0.6 is 0 Å². The Kier molecular flexibility index (Phi) is 4.81. The summed E-state index contributed by atoms with van der Waals surface area (Å²) < 4.78 is 7.21. The number of nitrogens with zero attached hydrogens (tertiary/aromatic N) is 4. The number of aliphatic hydroxyl groups excluding tert-OH is 2. The summed E-state index contributed by atoms with van der Waals surface area (Å²) >= 11 is 0. The molecule has 2 aromatic rings. The van der Waals surface area contributed by atoms with Gasteiger partial charge in [-0.05, 0) is 14.0 Å². The largest absolute Gasteiger partial charge is 0.387 e. The standard InChI is InChI=1S/C14H21N7O4/c1-6(16-2)13(24)17-3-7-9(22)10(23)14(25-7)21-5-20-8-11(15)18-4-19-12(8)21/h4-7,9-10,14,16,22-23H,3H2,1-2H3,(H,17,24)(H2,15,18,19)/t6-,7-,9-,10-,14-/m1/s1. The van der Waals surface area contributed by atoms with E-state index < -0.39 is 24.5 Å². The molecule has 1 fully saturated rings. The molecule has 0 spiro atoms. The number of likely N-dealkylation sites (N-methyl/N-ethyl adjacent to an activating group) is 1. The number of rotatable bonds is 5. The number of fused-ring (bicyclic) bond motifs is 1. The van der Waals surface area contributed by atoms with Crippen molar-refractivity contribution in [2.75, 3.05) is 19.3 Å². The van der Waals surface area contributed by atoms with Crippen molar-refractivity contribution in [3.8, 4) is 0 Å². The van der Waals surface area contributed by atoms with Gasteiger partial charge in [-0.1, -0.05) is 0 Å². The summed E-state index contributed by atoms with van der Waals surface area (Å²) in [4.78, 5) is 23.9. The van der Waals surface area contributed by atoms with Crippen LogP contribution in [0.2, 0.25) is 0 Å². The third-order valence-corrected chi connectivity index (χ3v) is 4.30. The third kappa shape index (κ3) is 3.14. The molecule has 5 atom stereocenters. The number of hydrogen-bond acceptors (Lipinski definition) is 9. The molecule has 0 unspecified atom stereocenters. The lowest BCUT2D eigenvalue weighted by Gasteiger charge is -2.17. The van der Waals surface area contributed by atoms with E-state index in [4.69, 9.17) is 10.5 Å². The first-order valence-electron chi connectivity index (χ1n) is 7.83. The van der Waals surface area contributed by atoms with E-state index in [1.54, 1.807) is 14.0 Å². The number of imidazole rings is 1. The van der Waals surface area contributed by atoms with Gasteiger partial charge in [0.15, 0.2) is 17.7 Å². The second-order valence-corrected chi connectivity index (χ2v) is 5.88. The molecule has 1 aliphatic heterocycles. The van der Waals surface area contributed by atoms with Gasteiger partial charge in [-0.3, -0.25) is 9.36 Å². The minimum absolute atomic E-state index is 0.0589. The molecule has 0 bridgehead atoms. The van der Waals surface area contributed by atoms with Gasteiger partial charge < -0.3 is 31.3 Å². The van der Waals surface area contributed by atoms with Crippen LogP contribution in [0.4, 0.5) is 5.82 Å². The van der Waals surface area contributed by atoms with Crippen molar-refractivity contribution >= 4 is 22.9 Å². The van der Waals surface area contributed by atoms with E-state index in [-0.39, 0.29) is 24.3 Å². The highest BCUT2D eigenvalue weighted by molar-refractivity contribution is 5.81. The predicted molar refractivity (Wildman–Crippen MR) is 87.2 cm³/mol. The van der Waals surface area contributed by atoms with E-state index in [1.807, 2.05) is 0 Å². The van der Waals surface area contributed by atoms with Crippen molar-refractivity contribution in [2.24, 2.45) is 0 Å². The number of nitrogens with two attached hydrogens (primary N) is 1. The Morgan fingerprint density at radius 1 is 1.40 bits per heavy atom. The summed E-state index contributed by atoms with van der Waals surface area (Å²) in [5, 5.41) is 26.0. The maximum atomic E-state index is 11.8. The quantitative estimate of drug-likeness (QED) is 0.401. The van der Waals surface area contributed by atoms with Gasteiger partial charge >= 0.3 is 0 Å². The van der Waals surface area contributed by atoms with Gasteiger partial charge in [-0.15, -0.1) is 0 Å². The van der Waals surface area contributed by atoms with E-state index in [1.165, 1.54) is 17.2 Å². The van der Waals surface area contributed by atoms with Gasteiger partial charge in [-0.2, -0.15) is 0 Å². The highest BCUT2D eigenvalue weighted by Gasteiger charge is 2.44. The first-order chi connectivity index (χ1) is 11.9. The van der Waals surface area contributed by atoms with Crippen LogP contribution in [-0.4, -0.2) is 73.6 Å². The second kappa shape index (κ2) is 6.88. The number of hydrogen-bond donors (Lipinski definition) is 5. The molecule has 0 aromatic carbocycles. The minimum Gasteiger partial charge on any atom is -0.387 e. The van der Waals surface area contributed by atoms with Crippen LogP contribution < -0.4 is 16.4 Å². The number of ether oxygens (including phenoxy) is 1. The maximum Gasteiger partial charge on any atom is 0.236 e. The van der Waals surface area contributed by atoms with Crippen molar-refractivity contribution in [1.29, 1.82) is 0 Å². The number of carbonyl (C=O) groups is 1. The fourth-order valence-electron chi connectivity index (χ4n) is 2.67. The molecule has 3 rings (SSSR count). The third-order valence-electron chi connectivity index (χ3n) is 4.30. The lowest BCUT2D eigenvalue weighted by molar-refractivity contribution is -0.123. The van der Waals surface area contributed by atoms with Crippen molar-refractivity contribution in [2.45, 2.75) is 37.5 Å². The van der Waals surface area contributed by atoms with Gasteiger partial charge in [0.1, 0.15) is 30.2 Å². The van der Waals surface area contributed by atoms with Gasteiger partial charge in [0, 0.05) is 6.54 Å². The Morgan fingerprint density at radius 2 is 2.16 bits per heavy atom. The lowest BCUT2D eigenvalue weighted by Crippen LogP contribution is -2.45. The summed E-state index contributed by atoms with van der Waals surface area (Å²) in [5.41, 5.74) is 6.52. The number of aliphatic hydroxyl groups is 2. The average Bonchev–Trinajstić information content (AvgIpc) is 3.15. The number of nitrogens with one attached hydrogen (secondary N) is 2. The Hall–Kier alpha value is -2.34. The number of carbonyl (C=O) groups excluding carboxylic acids is 1. The van der Waals surface area contributed by atoms with Crippen molar-refractivity contribution in [1.82, 2.24) is 30.2 Å². The van der Waals surface area contributed by atoms with Gasteiger partial charge in [-0.25, -0.2) is 15.0 Å². The fourth-order valence-corrected chi connectivity index (χ4v) is 2.67. The summed E-state index contributed by atoms with van der Waals surface area (Å²) in [6.45, 7) is 1.77. The summed E-state index contributed by atoms with van der Waals surface area (Å²) in [6, 6.07) is -0.378. The topological polar surface area (TPSA) is 160 Å². The summed E-state index contributed by atoms with van der Waals surface area (Å²) in [6.07, 6.45) is -1.36. The van der Waals surface area contributed by atoms with Crippen molar-refractivity contribution in [3.63, 3.8) is 0 Å². The van der Waals surface area contributed by atoms with Crippen LogP contribution in [0.1, 0.15) is 13.2 Å². The van der Waals surface area contributed by atoms with Gasteiger partial charge in [0.2, 0.25) is 5.91 Å². The molecule has 0 radical (unpaired) electrons. The van der Waals surface area contributed by atoms with E-state index in [2.05, 4.69) is 25.6 Å². The molecule has 1 saturated heterocycles. The van der Waals surface area contributed by atoms with E-state index in [0.29, 0.717) is 11.2 Å². The molecule has 11 heteroatoms. The molecular weight excluding hydrogens is 330 g/mol. The summed E-state index contributed by atoms with van der Waals surface area (Å²) in [7, 11) is 1.67. The van der Waals surface area contributed by atoms with Crippen molar-refractivity contribution in [3.05, 3.63) is 12.7 Å². The Morgan fingerprint density at radius 3 is 2.88 bits per heavy atom. The number of nitrogen functional groups attached to an aromatic ring is 1. The van der Waals surface area contributed by atoms with E-state index >= 15 is 0 Å². The molecule has 0 aliphatic carbocycles. The molecule has 0 saturated carbocycles.